The van der Waals surface area contributed by atoms with Crippen molar-refractivity contribution >= 4 is 49.7 Å². The second-order valence-electron chi connectivity index (χ2n) is 15.5. The Kier molecular flexibility index (Phi) is 14.9. The van der Waals surface area contributed by atoms with Crippen LogP contribution < -0.4 is 31.5 Å². The monoisotopic (exact) mass is 939 g/mol. The van der Waals surface area contributed by atoms with Crippen LogP contribution in [-0.2, 0) is 62.3 Å². The number of aromatic nitrogens is 4. The topological polar surface area (TPSA) is 267 Å². The number of hydrogen-bond acceptors (Lipinski definition) is 14. The number of hydrogen-bond donors (Lipinski definition) is 3. The average molecular weight is 940 g/mol. The van der Waals surface area contributed by atoms with Crippen LogP contribution in [0.25, 0.3) is 11.1 Å². The zero-order valence-corrected chi connectivity index (χ0v) is 38.4. The Morgan fingerprint density at radius 3 is 1.59 bits per heavy atom. The second kappa shape index (κ2) is 20.4. The molecule has 0 saturated carbocycles. The van der Waals surface area contributed by atoms with Gasteiger partial charge in [0.15, 0.2) is 0 Å². The van der Waals surface area contributed by atoms with E-state index >= 15 is 0 Å². The van der Waals surface area contributed by atoms with Gasteiger partial charge >= 0.3 is 11.4 Å². The molecule has 66 heavy (non-hydrogen) atoms. The Labute approximate surface area is 381 Å². The third-order valence-corrected chi connectivity index (χ3v) is 13.3. The molecule has 3 N–H and O–H groups in total. The van der Waals surface area contributed by atoms with Crippen molar-refractivity contribution in [3.05, 3.63) is 150 Å². The first kappa shape index (κ1) is 48.3. The summed E-state index contributed by atoms with van der Waals surface area (Å²) in [4.78, 5) is 50.2. The van der Waals surface area contributed by atoms with Gasteiger partial charge in [0.25, 0.3) is 11.1 Å². The van der Waals surface area contributed by atoms with E-state index in [-0.39, 0.29) is 33.1 Å². The zero-order valence-electron chi connectivity index (χ0n) is 36.7. The van der Waals surface area contributed by atoms with Gasteiger partial charge in [0.1, 0.15) is 0 Å². The molecule has 4 aromatic carbocycles. The van der Waals surface area contributed by atoms with Crippen LogP contribution in [0.1, 0.15) is 37.8 Å². The van der Waals surface area contributed by atoms with E-state index in [1.54, 1.807) is 13.8 Å². The van der Waals surface area contributed by atoms with Gasteiger partial charge in [-0.3, -0.25) is 36.4 Å². The van der Waals surface area contributed by atoms with Crippen LogP contribution in [0.2, 0.25) is 0 Å². The lowest BCUT2D eigenvalue weighted by atomic mass is 10.0. The van der Waals surface area contributed by atoms with Gasteiger partial charge in [0.05, 0.1) is 22.0 Å². The van der Waals surface area contributed by atoms with Gasteiger partial charge in [0.2, 0.25) is 33.2 Å². The minimum Gasteiger partial charge on any atom is -0.755 e. The maximum absolute atomic E-state index is 14.6. The molecular formula is C44H47N10O10S2-. The second-order valence-corrected chi connectivity index (χ2v) is 18.0. The molecule has 0 aliphatic heterocycles. The third-order valence-electron chi connectivity index (χ3n) is 10.8. The predicted octanol–water partition coefficient (Wildman–Crippen LogP) is 5.31. The number of nitrogens with one attached hydrogen (secondary N) is 1. The van der Waals surface area contributed by atoms with E-state index in [4.69, 9.17) is 0 Å². The summed E-state index contributed by atoms with van der Waals surface area (Å²) < 4.78 is 62.8. The van der Waals surface area contributed by atoms with E-state index in [2.05, 4.69) is 25.2 Å². The highest BCUT2D eigenvalue weighted by atomic mass is 32.2. The third kappa shape index (κ3) is 10.5. The fourth-order valence-electron chi connectivity index (χ4n) is 7.05. The summed E-state index contributed by atoms with van der Waals surface area (Å²) >= 11 is -2.99. The van der Waals surface area contributed by atoms with Crippen molar-refractivity contribution in [1.29, 1.82) is 0 Å². The van der Waals surface area contributed by atoms with Gasteiger partial charge in [-0.15, -0.1) is 10.2 Å². The molecule has 6 rings (SSSR count). The van der Waals surface area contributed by atoms with E-state index in [9.17, 15) is 46.6 Å². The minimum atomic E-state index is -4.51. The van der Waals surface area contributed by atoms with Crippen LogP contribution in [-0.4, -0.2) is 57.7 Å². The Morgan fingerprint density at radius 1 is 0.652 bits per heavy atom. The molecule has 0 aliphatic carbocycles. The summed E-state index contributed by atoms with van der Waals surface area (Å²) in [6.07, 6.45) is 1.72. The van der Waals surface area contributed by atoms with Crippen molar-refractivity contribution in [3.8, 4) is 22.9 Å². The predicted molar refractivity (Wildman–Crippen MR) is 248 cm³/mol. The number of aromatic hydroxyl groups is 2. The van der Waals surface area contributed by atoms with Crippen LogP contribution in [0.15, 0.2) is 142 Å². The SMILES string of the molecule is CC(CCc1ccccc1)NS(=O)(=O)c1cc(N=Nc2c(O)n(C)c(=O)n(C)c2=O)ccc1-c1ccc(N=Nc2c(O)n(C)c(=O)n(C)c2=O)cc1N(C(C)CCc1ccccc1)S(=O)[O-]. The summed E-state index contributed by atoms with van der Waals surface area (Å²) in [6.45, 7) is 3.37. The molecule has 2 aromatic heterocycles. The van der Waals surface area contributed by atoms with Crippen LogP contribution in [0.5, 0.6) is 11.8 Å². The number of azo groups is 2. The molecule has 3 atom stereocenters. The molecule has 0 amide bonds. The van der Waals surface area contributed by atoms with Crippen molar-refractivity contribution in [2.24, 2.45) is 48.6 Å². The molecule has 22 heteroatoms. The summed E-state index contributed by atoms with van der Waals surface area (Å²) in [5.41, 5.74) is -2.82. The summed E-state index contributed by atoms with van der Waals surface area (Å²) in [7, 11) is 0.329. The van der Waals surface area contributed by atoms with Gasteiger partial charge in [-0.05, 0) is 74.9 Å². The standard InChI is InChI=1S/C44H48N10O10S2/c1-27(17-19-29-13-9-7-10-14-29)49-66(63,64)36-26-32(46-48-38-41(57)52(5)44(60)53(6)42(38)58)22-24-34(36)33-23-21-31(45-47-37-39(55)50(3)43(59)51(4)40(37)56)25-35(33)54(65(61)62)28(2)18-20-30-15-11-8-12-16-30/h7-16,21-28,49,55,57H,17-20H2,1-6H3,(H,61,62)/p-1. The zero-order chi connectivity index (χ0) is 48.0. The molecule has 0 radical (unpaired) electrons. The molecule has 0 saturated heterocycles. The lowest BCUT2D eigenvalue weighted by Crippen LogP contribution is -2.36. The van der Waals surface area contributed by atoms with Gasteiger partial charge in [-0.2, -0.15) is 10.2 Å². The summed E-state index contributed by atoms with van der Waals surface area (Å²) in [5.74, 6) is -1.53. The molecule has 0 spiro atoms. The van der Waals surface area contributed by atoms with E-state index in [1.165, 1.54) is 64.6 Å². The lowest BCUT2D eigenvalue weighted by molar-refractivity contribution is 0.413. The summed E-state index contributed by atoms with van der Waals surface area (Å²) in [5, 5.41) is 37.3. The van der Waals surface area contributed by atoms with E-state index in [0.29, 0.717) is 25.7 Å². The van der Waals surface area contributed by atoms with Gasteiger partial charge in [-0.25, -0.2) is 22.7 Å². The Balaban J connectivity index is 1.53. The maximum atomic E-state index is 14.6. The van der Waals surface area contributed by atoms with Crippen LogP contribution in [0.3, 0.4) is 0 Å². The fourth-order valence-corrected chi connectivity index (χ4v) is 9.28. The molecule has 6 aromatic rings. The minimum absolute atomic E-state index is 0.00588. The number of rotatable bonds is 17. The van der Waals surface area contributed by atoms with Gasteiger partial charge < -0.3 is 14.8 Å². The molecular weight excluding hydrogens is 893 g/mol. The lowest BCUT2D eigenvalue weighted by Gasteiger charge is -2.34. The van der Waals surface area contributed by atoms with E-state index in [1.807, 2.05) is 60.7 Å². The first-order valence-corrected chi connectivity index (χ1v) is 22.9. The highest BCUT2D eigenvalue weighted by Gasteiger charge is 2.28. The van der Waals surface area contributed by atoms with Crippen molar-refractivity contribution in [2.45, 2.75) is 56.5 Å². The Hall–Kier alpha value is -7.14. The Morgan fingerprint density at radius 2 is 1.11 bits per heavy atom. The van der Waals surface area contributed by atoms with Crippen LogP contribution in [0.4, 0.5) is 28.4 Å². The highest BCUT2D eigenvalue weighted by Crippen LogP contribution is 2.41. The van der Waals surface area contributed by atoms with Crippen molar-refractivity contribution in [2.75, 3.05) is 4.31 Å². The molecule has 2 heterocycles. The van der Waals surface area contributed by atoms with E-state index < -0.39 is 79.0 Å². The average Bonchev–Trinajstić information content (AvgIpc) is 3.30. The summed E-state index contributed by atoms with van der Waals surface area (Å²) in [6, 6.07) is 25.6. The molecule has 3 unspecified atom stereocenters. The number of benzene rings is 4. The molecule has 346 valence electrons. The van der Waals surface area contributed by atoms with Crippen LogP contribution >= 0.6 is 0 Å². The number of anilines is 1. The highest BCUT2D eigenvalue weighted by molar-refractivity contribution is 7.89. The number of sulfonamides is 1. The van der Waals surface area contributed by atoms with E-state index in [0.717, 1.165) is 33.7 Å². The first-order chi connectivity index (χ1) is 31.3. The quantitative estimate of drug-likeness (QED) is 0.0783. The molecule has 0 aliphatic rings. The largest absolute Gasteiger partial charge is 0.755 e. The fraction of sp³-hybridized carbons (Fsp3) is 0.273. The maximum Gasteiger partial charge on any atom is 0.333 e. The molecule has 0 bridgehead atoms. The van der Waals surface area contributed by atoms with Gasteiger partial charge in [-0.1, -0.05) is 72.8 Å². The number of aryl methyl sites for hydroxylation is 2. The van der Waals surface area contributed by atoms with Crippen LogP contribution in [0, 0.1) is 0 Å². The number of nitrogens with zero attached hydrogens (tertiary/aromatic N) is 9. The normalized spacial score (nSPS) is 13.3. The van der Waals surface area contributed by atoms with Crippen molar-refractivity contribution in [1.82, 2.24) is 23.0 Å². The first-order valence-electron chi connectivity index (χ1n) is 20.4. The molecule has 20 nitrogen and oxygen atoms in total. The Bertz CT molecular complexity index is 3220. The van der Waals surface area contributed by atoms with Crippen molar-refractivity contribution < 1.29 is 27.4 Å². The molecule has 0 fully saturated rings. The smallest absolute Gasteiger partial charge is 0.333 e. The van der Waals surface area contributed by atoms with Crippen molar-refractivity contribution in [3.63, 3.8) is 0 Å². The van der Waals surface area contributed by atoms with Gasteiger partial charge in [0, 0.05) is 62.7 Å².